The second kappa shape index (κ2) is 10.6. The lowest BCUT2D eigenvalue weighted by Crippen LogP contribution is -2.36. The maximum atomic E-state index is 9.61. The van der Waals surface area contributed by atoms with Crippen LogP contribution in [0.4, 0.5) is 0 Å². The summed E-state index contributed by atoms with van der Waals surface area (Å²) in [5, 5.41) is 13.2. The average molecular weight is 271 g/mol. The summed E-state index contributed by atoms with van der Waals surface area (Å²) in [6.45, 7) is 6.31. The standard InChI is InChI=1S/C16H33NO2/c1-3-4-5-6-7-8-10-17-14(2)12-16-13-15(18)9-11-19-16/h14-18H,3-13H2,1-2H3. The predicted molar refractivity (Wildman–Crippen MR) is 80.4 cm³/mol. The predicted octanol–water partition coefficient (Wildman–Crippen LogP) is 3.26. The normalized spacial score (nSPS) is 25.4. The van der Waals surface area contributed by atoms with E-state index in [1.807, 2.05) is 0 Å². The highest BCUT2D eigenvalue weighted by atomic mass is 16.5. The molecule has 0 saturated carbocycles. The maximum absolute atomic E-state index is 9.61. The van der Waals surface area contributed by atoms with Crippen LogP contribution in [0.2, 0.25) is 0 Å². The van der Waals surface area contributed by atoms with E-state index < -0.39 is 0 Å². The molecule has 3 heteroatoms. The Morgan fingerprint density at radius 3 is 2.68 bits per heavy atom. The Hall–Kier alpha value is -0.120. The zero-order valence-corrected chi connectivity index (χ0v) is 12.9. The fourth-order valence-electron chi connectivity index (χ4n) is 2.76. The average Bonchev–Trinajstić information content (AvgIpc) is 2.37. The van der Waals surface area contributed by atoms with Crippen LogP contribution in [0.25, 0.3) is 0 Å². The molecule has 1 fully saturated rings. The summed E-state index contributed by atoms with van der Waals surface area (Å²) in [6.07, 6.45) is 10.8. The Bertz CT molecular complexity index is 211. The summed E-state index contributed by atoms with van der Waals surface area (Å²) in [5.74, 6) is 0. The van der Waals surface area contributed by atoms with Gasteiger partial charge in [-0.1, -0.05) is 39.0 Å². The minimum Gasteiger partial charge on any atom is -0.393 e. The third kappa shape index (κ3) is 8.61. The molecule has 0 aromatic rings. The molecule has 3 atom stereocenters. The molecule has 2 N–H and O–H groups in total. The highest BCUT2D eigenvalue weighted by molar-refractivity contribution is 4.75. The van der Waals surface area contributed by atoms with E-state index >= 15 is 0 Å². The first kappa shape index (κ1) is 16.9. The van der Waals surface area contributed by atoms with E-state index in [9.17, 15) is 5.11 Å². The van der Waals surface area contributed by atoms with Crippen molar-refractivity contribution in [3.8, 4) is 0 Å². The minimum absolute atomic E-state index is 0.149. The van der Waals surface area contributed by atoms with Gasteiger partial charge in [0, 0.05) is 12.6 Å². The molecule has 1 aliphatic heterocycles. The van der Waals surface area contributed by atoms with Crippen molar-refractivity contribution in [2.75, 3.05) is 13.2 Å². The maximum Gasteiger partial charge on any atom is 0.0614 e. The Labute approximate surface area is 119 Å². The fourth-order valence-corrected chi connectivity index (χ4v) is 2.76. The van der Waals surface area contributed by atoms with Gasteiger partial charge in [0.2, 0.25) is 0 Å². The van der Waals surface area contributed by atoms with Gasteiger partial charge in [0.1, 0.15) is 0 Å². The molecule has 114 valence electrons. The van der Waals surface area contributed by atoms with Gasteiger partial charge in [0.15, 0.2) is 0 Å². The van der Waals surface area contributed by atoms with E-state index in [1.54, 1.807) is 0 Å². The van der Waals surface area contributed by atoms with E-state index in [2.05, 4.69) is 19.2 Å². The van der Waals surface area contributed by atoms with Crippen molar-refractivity contribution in [3.63, 3.8) is 0 Å². The van der Waals surface area contributed by atoms with Crippen LogP contribution in [0.1, 0.15) is 71.6 Å². The first-order valence-electron chi connectivity index (χ1n) is 8.25. The minimum atomic E-state index is -0.149. The molecule has 0 bridgehead atoms. The zero-order valence-electron chi connectivity index (χ0n) is 12.9. The van der Waals surface area contributed by atoms with Crippen molar-refractivity contribution in [2.45, 2.75) is 89.9 Å². The summed E-state index contributed by atoms with van der Waals surface area (Å²) in [7, 11) is 0. The molecule has 3 unspecified atom stereocenters. The molecule has 1 saturated heterocycles. The number of aliphatic hydroxyl groups excluding tert-OH is 1. The van der Waals surface area contributed by atoms with Gasteiger partial charge >= 0.3 is 0 Å². The molecular weight excluding hydrogens is 238 g/mol. The molecule has 19 heavy (non-hydrogen) atoms. The van der Waals surface area contributed by atoms with Crippen LogP contribution >= 0.6 is 0 Å². The van der Waals surface area contributed by atoms with Crippen LogP contribution in [0.3, 0.4) is 0 Å². The Morgan fingerprint density at radius 1 is 1.21 bits per heavy atom. The number of ether oxygens (including phenoxy) is 1. The summed E-state index contributed by atoms with van der Waals surface area (Å²) in [6, 6.07) is 0.492. The van der Waals surface area contributed by atoms with Crippen molar-refractivity contribution in [2.24, 2.45) is 0 Å². The molecule has 1 heterocycles. The zero-order chi connectivity index (χ0) is 13.9. The summed E-state index contributed by atoms with van der Waals surface area (Å²) in [5.41, 5.74) is 0. The lowest BCUT2D eigenvalue weighted by Gasteiger charge is -2.28. The van der Waals surface area contributed by atoms with Crippen LogP contribution in [0.15, 0.2) is 0 Å². The largest absolute Gasteiger partial charge is 0.393 e. The fraction of sp³-hybridized carbons (Fsp3) is 1.00. The van der Waals surface area contributed by atoms with Crippen LogP contribution < -0.4 is 5.32 Å². The number of hydrogen-bond donors (Lipinski definition) is 2. The second-order valence-corrected chi connectivity index (χ2v) is 6.03. The van der Waals surface area contributed by atoms with Crippen LogP contribution in [0, 0.1) is 0 Å². The van der Waals surface area contributed by atoms with Crippen molar-refractivity contribution in [1.29, 1.82) is 0 Å². The molecule has 0 aromatic heterocycles. The topological polar surface area (TPSA) is 41.5 Å². The molecule has 0 aliphatic carbocycles. The lowest BCUT2D eigenvalue weighted by molar-refractivity contribution is -0.0492. The molecule has 1 aliphatic rings. The van der Waals surface area contributed by atoms with E-state index in [0.29, 0.717) is 6.04 Å². The number of hydrogen-bond acceptors (Lipinski definition) is 3. The quantitative estimate of drug-likeness (QED) is 0.599. The molecule has 1 rings (SSSR count). The van der Waals surface area contributed by atoms with Gasteiger partial charge in [-0.15, -0.1) is 0 Å². The van der Waals surface area contributed by atoms with Gasteiger partial charge in [0.25, 0.3) is 0 Å². The van der Waals surface area contributed by atoms with Gasteiger partial charge < -0.3 is 15.2 Å². The van der Waals surface area contributed by atoms with Crippen molar-refractivity contribution < 1.29 is 9.84 Å². The van der Waals surface area contributed by atoms with Crippen LogP contribution in [-0.4, -0.2) is 36.5 Å². The third-order valence-corrected chi connectivity index (χ3v) is 3.98. The van der Waals surface area contributed by atoms with E-state index in [0.717, 1.165) is 32.4 Å². The van der Waals surface area contributed by atoms with Crippen LogP contribution in [-0.2, 0) is 4.74 Å². The highest BCUT2D eigenvalue weighted by Gasteiger charge is 2.22. The van der Waals surface area contributed by atoms with E-state index in [-0.39, 0.29) is 12.2 Å². The van der Waals surface area contributed by atoms with Crippen LogP contribution in [0.5, 0.6) is 0 Å². The molecule has 0 spiro atoms. The summed E-state index contributed by atoms with van der Waals surface area (Å²) >= 11 is 0. The Morgan fingerprint density at radius 2 is 1.95 bits per heavy atom. The molecule has 0 radical (unpaired) electrons. The van der Waals surface area contributed by atoms with Crippen molar-refractivity contribution in [3.05, 3.63) is 0 Å². The second-order valence-electron chi connectivity index (χ2n) is 6.03. The molecule has 0 aromatic carbocycles. The first-order valence-corrected chi connectivity index (χ1v) is 8.25. The Kier molecular flexibility index (Phi) is 9.48. The Balaban J connectivity index is 1.94. The third-order valence-electron chi connectivity index (χ3n) is 3.98. The van der Waals surface area contributed by atoms with Crippen molar-refractivity contribution >= 4 is 0 Å². The number of aliphatic hydroxyl groups is 1. The molecule has 3 nitrogen and oxygen atoms in total. The summed E-state index contributed by atoms with van der Waals surface area (Å²) < 4.78 is 5.69. The number of nitrogens with one attached hydrogen (secondary N) is 1. The van der Waals surface area contributed by atoms with Gasteiger partial charge in [-0.2, -0.15) is 0 Å². The smallest absolute Gasteiger partial charge is 0.0614 e. The van der Waals surface area contributed by atoms with Crippen molar-refractivity contribution in [1.82, 2.24) is 5.32 Å². The monoisotopic (exact) mass is 271 g/mol. The van der Waals surface area contributed by atoms with Gasteiger partial charge in [-0.25, -0.2) is 0 Å². The van der Waals surface area contributed by atoms with Gasteiger partial charge in [-0.3, -0.25) is 0 Å². The molecular formula is C16H33NO2. The highest BCUT2D eigenvalue weighted by Crippen LogP contribution is 2.17. The first-order chi connectivity index (χ1) is 9.22. The van der Waals surface area contributed by atoms with Gasteiger partial charge in [-0.05, 0) is 39.2 Å². The summed E-state index contributed by atoms with van der Waals surface area (Å²) in [4.78, 5) is 0. The SMILES string of the molecule is CCCCCCCCNC(C)CC1CC(O)CCO1. The van der Waals surface area contributed by atoms with E-state index in [4.69, 9.17) is 4.74 Å². The number of unbranched alkanes of at least 4 members (excludes halogenated alkanes) is 5. The van der Waals surface area contributed by atoms with E-state index in [1.165, 1.54) is 38.5 Å². The number of rotatable bonds is 10. The molecule has 0 amide bonds. The van der Waals surface area contributed by atoms with Gasteiger partial charge in [0.05, 0.1) is 12.2 Å². The lowest BCUT2D eigenvalue weighted by atomic mass is 10.0.